The van der Waals surface area contributed by atoms with E-state index < -0.39 is 76.3 Å². The zero-order chi connectivity index (χ0) is 23.0. The second-order valence-corrected chi connectivity index (χ2v) is 14.3. The second-order valence-electron chi connectivity index (χ2n) is 9.46. The molecular weight excluding hydrogens is 420 g/mol. The maximum Gasteiger partial charge on any atom is 0.192 e. The Hall–Kier alpha value is -0.223. The molecule has 7 N–H and O–H groups in total. The molecule has 0 radical (unpaired) electrons. The van der Waals surface area contributed by atoms with E-state index in [1.54, 1.807) is 0 Å². The zero-order valence-electron chi connectivity index (χ0n) is 18.0. The van der Waals surface area contributed by atoms with E-state index in [4.69, 9.17) is 18.6 Å². The highest BCUT2D eigenvalue weighted by Gasteiger charge is 2.48. The minimum Gasteiger partial charge on any atom is -0.414 e. The Morgan fingerprint density at radius 1 is 0.700 bits per heavy atom. The van der Waals surface area contributed by atoms with Gasteiger partial charge in [0.15, 0.2) is 20.9 Å². The lowest BCUT2D eigenvalue weighted by Crippen LogP contribution is -2.62. The van der Waals surface area contributed by atoms with Crippen molar-refractivity contribution in [1.29, 1.82) is 0 Å². The lowest BCUT2D eigenvalue weighted by Gasteiger charge is -2.43. The first-order valence-corrected chi connectivity index (χ1v) is 12.9. The highest BCUT2D eigenvalue weighted by atomic mass is 28.4. The van der Waals surface area contributed by atoms with Crippen LogP contribution in [0.1, 0.15) is 20.8 Å². The summed E-state index contributed by atoms with van der Waals surface area (Å²) in [6.07, 6.45) is -14.8. The molecule has 0 aliphatic carbocycles. The molecule has 30 heavy (non-hydrogen) atoms. The quantitative estimate of drug-likeness (QED) is 0.212. The first-order valence-electron chi connectivity index (χ1n) is 10.0. The van der Waals surface area contributed by atoms with Gasteiger partial charge in [0.1, 0.15) is 48.8 Å². The van der Waals surface area contributed by atoms with E-state index in [1.807, 2.05) is 13.1 Å². The van der Waals surface area contributed by atoms with Crippen LogP contribution in [0.2, 0.25) is 18.1 Å². The molecule has 11 nitrogen and oxygen atoms in total. The van der Waals surface area contributed by atoms with Crippen LogP contribution >= 0.6 is 0 Å². The third-order valence-electron chi connectivity index (χ3n) is 6.20. The van der Waals surface area contributed by atoms with Gasteiger partial charge in [0, 0.05) is 0 Å². The molecule has 0 aromatic rings. The fourth-order valence-electron chi connectivity index (χ4n) is 2.96. The molecule has 10 atom stereocenters. The third kappa shape index (κ3) is 5.57. The third-order valence-corrected chi connectivity index (χ3v) is 10.7. The van der Waals surface area contributed by atoms with Crippen molar-refractivity contribution < 1.29 is 54.4 Å². The van der Waals surface area contributed by atoms with Crippen molar-refractivity contribution in [2.45, 2.75) is 100 Å². The molecule has 0 aromatic carbocycles. The molecule has 0 spiro atoms. The number of hydrogen-bond acceptors (Lipinski definition) is 11. The van der Waals surface area contributed by atoms with Crippen LogP contribution < -0.4 is 0 Å². The number of hydrogen-bond donors (Lipinski definition) is 7. The molecule has 2 heterocycles. The molecule has 2 aliphatic heterocycles. The zero-order valence-corrected chi connectivity index (χ0v) is 19.0. The molecule has 0 aromatic heterocycles. The van der Waals surface area contributed by atoms with Crippen LogP contribution in [0.5, 0.6) is 0 Å². The van der Waals surface area contributed by atoms with Crippen molar-refractivity contribution in [3.8, 4) is 0 Å². The molecule has 0 saturated carbocycles. The van der Waals surface area contributed by atoms with Crippen LogP contribution in [-0.4, -0.2) is 119 Å². The van der Waals surface area contributed by atoms with Gasteiger partial charge in [-0.3, -0.25) is 0 Å². The molecule has 10 unspecified atom stereocenters. The van der Waals surface area contributed by atoms with E-state index in [0.717, 1.165) is 0 Å². The van der Waals surface area contributed by atoms with Gasteiger partial charge >= 0.3 is 0 Å². The molecule has 12 heteroatoms. The van der Waals surface area contributed by atoms with Crippen LogP contribution in [0.4, 0.5) is 0 Å². The fraction of sp³-hybridized carbons (Fsp3) is 1.00. The van der Waals surface area contributed by atoms with E-state index in [9.17, 15) is 35.7 Å². The number of rotatable bonds is 6. The average Bonchev–Trinajstić information content (AvgIpc) is 2.65. The molecule has 2 saturated heterocycles. The fourth-order valence-corrected chi connectivity index (χ4v) is 3.97. The Labute approximate surface area is 176 Å². The van der Waals surface area contributed by atoms with Crippen LogP contribution in [0.3, 0.4) is 0 Å². The van der Waals surface area contributed by atoms with Gasteiger partial charge in [-0.25, -0.2) is 0 Å². The summed E-state index contributed by atoms with van der Waals surface area (Å²) >= 11 is 0. The number of aliphatic hydroxyl groups excluding tert-OH is 7. The van der Waals surface area contributed by atoms with Crippen molar-refractivity contribution in [2.75, 3.05) is 13.2 Å². The monoisotopic (exact) mass is 456 g/mol. The highest BCUT2D eigenvalue weighted by Crippen LogP contribution is 2.37. The summed E-state index contributed by atoms with van der Waals surface area (Å²) in [5, 5.41) is 69.4. The van der Waals surface area contributed by atoms with Crippen molar-refractivity contribution in [2.24, 2.45) is 0 Å². The summed E-state index contributed by atoms with van der Waals surface area (Å²) in [7, 11) is -2.16. The summed E-state index contributed by atoms with van der Waals surface area (Å²) in [4.78, 5) is 0. The predicted octanol–water partition coefficient (Wildman–Crippen LogP) is -2.37. The smallest absolute Gasteiger partial charge is 0.192 e. The van der Waals surface area contributed by atoms with Crippen molar-refractivity contribution in [3.05, 3.63) is 0 Å². The SMILES string of the molecule is CC(C)(C)[Si](C)(C)OCC1OC(OCC2OC(O)C(O)C(O)C2O)C(O)C(O)C1O. The van der Waals surface area contributed by atoms with E-state index in [1.165, 1.54) is 0 Å². The summed E-state index contributed by atoms with van der Waals surface area (Å²) in [5.41, 5.74) is 0. The normalized spacial score (nSPS) is 43.6. The minimum absolute atomic E-state index is 0.0204. The van der Waals surface area contributed by atoms with Gasteiger partial charge in [-0.1, -0.05) is 20.8 Å². The maximum absolute atomic E-state index is 10.3. The number of aliphatic hydroxyl groups is 7. The van der Waals surface area contributed by atoms with E-state index in [2.05, 4.69) is 20.8 Å². The lowest BCUT2D eigenvalue weighted by atomic mass is 9.98. The summed E-state index contributed by atoms with van der Waals surface area (Å²) < 4.78 is 22.1. The van der Waals surface area contributed by atoms with Crippen molar-refractivity contribution >= 4 is 8.32 Å². The Morgan fingerprint density at radius 3 is 1.73 bits per heavy atom. The molecule has 2 fully saturated rings. The van der Waals surface area contributed by atoms with Gasteiger partial charge in [-0.15, -0.1) is 0 Å². The predicted molar refractivity (Wildman–Crippen MR) is 105 cm³/mol. The number of ether oxygens (including phenoxy) is 3. The Morgan fingerprint density at radius 2 is 1.20 bits per heavy atom. The van der Waals surface area contributed by atoms with Gasteiger partial charge in [0.2, 0.25) is 0 Å². The van der Waals surface area contributed by atoms with Gasteiger partial charge in [0.05, 0.1) is 13.2 Å². The largest absolute Gasteiger partial charge is 0.414 e. The Bertz CT molecular complexity index is 557. The van der Waals surface area contributed by atoms with Gasteiger partial charge in [0.25, 0.3) is 0 Å². The second kappa shape index (κ2) is 9.73. The molecule has 2 aliphatic rings. The maximum atomic E-state index is 10.3. The minimum atomic E-state index is -2.16. The van der Waals surface area contributed by atoms with Crippen molar-refractivity contribution in [1.82, 2.24) is 0 Å². The molecule has 178 valence electrons. The van der Waals surface area contributed by atoms with Crippen molar-refractivity contribution in [3.63, 3.8) is 0 Å². The van der Waals surface area contributed by atoms with E-state index in [0.29, 0.717) is 0 Å². The van der Waals surface area contributed by atoms with Gasteiger partial charge < -0.3 is 54.4 Å². The van der Waals surface area contributed by atoms with Gasteiger partial charge in [-0.05, 0) is 18.1 Å². The molecular formula is C18H36O11Si. The summed E-state index contributed by atoms with van der Waals surface area (Å²) in [5.74, 6) is 0. The van der Waals surface area contributed by atoms with Crippen LogP contribution in [0.15, 0.2) is 0 Å². The molecule has 0 bridgehead atoms. The first kappa shape index (κ1) is 26.0. The average molecular weight is 457 g/mol. The van der Waals surface area contributed by atoms with Gasteiger partial charge in [-0.2, -0.15) is 0 Å². The van der Waals surface area contributed by atoms with Crippen LogP contribution in [0, 0.1) is 0 Å². The topological polar surface area (TPSA) is 179 Å². The van der Waals surface area contributed by atoms with Crippen LogP contribution in [0.25, 0.3) is 0 Å². The summed E-state index contributed by atoms with van der Waals surface area (Å²) in [6, 6.07) is 0. The first-order chi connectivity index (χ1) is 13.7. The molecule has 2 rings (SSSR count). The Balaban J connectivity index is 1.99. The standard InChI is InChI=1S/C18H36O11Si/c1-18(2,3)30(4,5)27-7-9-11(20)13(22)15(24)17(29-9)26-6-8-10(19)12(21)14(23)16(25)28-8/h8-17,19-25H,6-7H2,1-5H3. The molecule has 0 amide bonds. The van der Waals surface area contributed by atoms with E-state index >= 15 is 0 Å². The van der Waals surface area contributed by atoms with Crippen LogP contribution in [-0.2, 0) is 18.6 Å². The summed E-state index contributed by atoms with van der Waals surface area (Å²) in [6.45, 7) is 9.75. The highest BCUT2D eigenvalue weighted by molar-refractivity contribution is 6.74. The van der Waals surface area contributed by atoms with E-state index in [-0.39, 0.29) is 11.6 Å². The Kier molecular flexibility index (Phi) is 8.44. The lowest BCUT2D eigenvalue weighted by molar-refractivity contribution is -0.325.